The van der Waals surface area contributed by atoms with E-state index >= 15 is 0 Å². The number of hydroxylamine groups is 2. The van der Waals surface area contributed by atoms with E-state index in [1.165, 1.54) is 14.2 Å². The van der Waals surface area contributed by atoms with Crippen molar-refractivity contribution in [3.63, 3.8) is 0 Å². The number of amides is 1. The molecule has 1 amide bonds. The van der Waals surface area contributed by atoms with Crippen LogP contribution in [0.4, 0.5) is 14.5 Å². The molecule has 9 heteroatoms. The van der Waals surface area contributed by atoms with Crippen molar-refractivity contribution in [1.82, 2.24) is 10.1 Å². The van der Waals surface area contributed by atoms with Gasteiger partial charge in [0.15, 0.2) is 0 Å². The highest BCUT2D eigenvalue weighted by Gasteiger charge is 2.25. The fraction of sp³-hybridized carbons (Fsp3) is 0.286. The molecule has 0 aliphatic rings. The Morgan fingerprint density at radius 3 is 2.30 bits per heavy atom. The average Bonchev–Trinajstić information content (AvgIpc) is 2.72. The molecule has 0 atom stereocenters. The molecule has 0 radical (unpaired) electrons. The molecule has 0 unspecified atom stereocenters. The normalized spacial score (nSPS) is 10.9. The molecular formula is C21H21F2IN4O2. The number of rotatable bonds is 7. The maximum Gasteiger partial charge on any atom is 0.277 e. The molecule has 2 rings (SSSR count). The zero-order valence-electron chi connectivity index (χ0n) is 17.0. The zero-order chi connectivity index (χ0) is 22.4. The summed E-state index contributed by atoms with van der Waals surface area (Å²) in [5.74, 6) is 0.428. The fourth-order valence-corrected chi connectivity index (χ4v) is 3.47. The largest absolute Gasteiger partial charge is 0.279 e. The van der Waals surface area contributed by atoms with Gasteiger partial charge >= 0.3 is 0 Å². The molecule has 0 aliphatic carbocycles. The lowest BCUT2D eigenvalue weighted by atomic mass is 9.94. The summed E-state index contributed by atoms with van der Waals surface area (Å²) in [7, 11) is 2.76. The lowest BCUT2D eigenvalue weighted by molar-refractivity contribution is -0.0756. The van der Waals surface area contributed by atoms with Crippen LogP contribution in [0.25, 0.3) is 11.1 Å². The van der Waals surface area contributed by atoms with E-state index in [-0.39, 0.29) is 22.4 Å². The quantitative estimate of drug-likeness (QED) is 0.216. The summed E-state index contributed by atoms with van der Waals surface area (Å²) in [5.41, 5.74) is 0.950. The molecule has 0 fully saturated rings. The van der Waals surface area contributed by atoms with E-state index < -0.39 is 17.5 Å². The number of hydrogen-bond donors (Lipinski definition) is 0. The molecule has 2 aromatic rings. The van der Waals surface area contributed by atoms with E-state index in [0.717, 1.165) is 23.3 Å². The molecular weight excluding hydrogens is 505 g/mol. The van der Waals surface area contributed by atoms with E-state index in [1.807, 2.05) is 36.4 Å². The van der Waals surface area contributed by atoms with Crippen LogP contribution < -0.4 is 0 Å². The fourth-order valence-electron chi connectivity index (χ4n) is 2.74. The van der Waals surface area contributed by atoms with Crippen LogP contribution in [-0.2, 0) is 4.84 Å². The Morgan fingerprint density at radius 1 is 1.20 bits per heavy atom. The van der Waals surface area contributed by atoms with Crippen molar-refractivity contribution in [2.45, 2.75) is 13.8 Å². The second-order valence-corrected chi connectivity index (χ2v) is 7.28. The Labute approximate surface area is 188 Å². The highest BCUT2D eigenvalue weighted by Crippen LogP contribution is 2.40. The van der Waals surface area contributed by atoms with Gasteiger partial charge in [-0.25, -0.2) is 13.8 Å². The second kappa shape index (κ2) is 10.4. The topological polar surface area (TPSA) is 57.5 Å². The molecule has 158 valence electrons. The van der Waals surface area contributed by atoms with Crippen LogP contribution in [0.2, 0.25) is 0 Å². The predicted molar refractivity (Wildman–Crippen MR) is 119 cm³/mol. The minimum absolute atomic E-state index is 0.113. The standard InChI is InChI=1S/C21H21F2IN4O2/c1-6-16-18(24)12-17(21(29)27(4)30-5)19(13-9-14(22)11-15(23)10-13)20(16)25-26-28(7-2)8-3/h1,9-12H,7-8H2,2-5H3. The lowest BCUT2D eigenvalue weighted by Gasteiger charge is -2.20. The smallest absolute Gasteiger partial charge is 0.277 e. The van der Waals surface area contributed by atoms with Gasteiger partial charge in [0, 0.05) is 35.3 Å². The number of halogens is 3. The third kappa shape index (κ3) is 5.12. The van der Waals surface area contributed by atoms with Gasteiger partial charge in [0.2, 0.25) is 0 Å². The molecule has 0 saturated carbocycles. The third-order valence-electron chi connectivity index (χ3n) is 4.34. The first kappa shape index (κ1) is 23.7. The number of carbonyl (C=O) groups excluding carboxylic acids is 1. The van der Waals surface area contributed by atoms with E-state index in [0.29, 0.717) is 22.2 Å². The average molecular weight is 526 g/mol. The minimum Gasteiger partial charge on any atom is -0.279 e. The summed E-state index contributed by atoms with van der Waals surface area (Å²) in [5, 5.41) is 11.2. The van der Waals surface area contributed by atoms with Crippen molar-refractivity contribution in [3.05, 3.63) is 50.6 Å². The van der Waals surface area contributed by atoms with Crippen molar-refractivity contribution in [1.29, 1.82) is 0 Å². The minimum atomic E-state index is -0.795. The van der Waals surface area contributed by atoms with E-state index in [4.69, 9.17) is 11.3 Å². The summed E-state index contributed by atoms with van der Waals surface area (Å²) in [4.78, 5) is 18.0. The first-order valence-corrected chi connectivity index (χ1v) is 10.1. The van der Waals surface area contributed by atoms with Crippen molar-refractivity contribution >= 4 is 34.2 Å². The van der Waals surface area contributed by atoms with Crippen molar-refractivity contribution in [2.24, 2.45) is 10.3 Å². The first-order valence-electron chi connectivity index (χ1n) is 9.05. The summed E-state index contributed by atoms with van der Waals surface area (Å²) < 4.78 is 28.6. The van der Waals surface area contributed by atoms with Crippen LogP contribution in [0.15, 0.2) is 34.6 Å². The summed E-state index contributed by atoms with van der Waals surface area (Å²) in [6, 6.07) is 4.53. The maximum atomic E-state index is 14.0. The number of nitrogens with zero attached hydrogens (tertiary/aromatic N) is 4. The first-order chi connectivity index (χ1) is 14.3. The third-order valence-corrected chi connectivity index (χ3v) is 5.19. The second-order valence-electron chi connectivity index (χ2n) is 6.12. The Morgan fingerprint density at radius 2 is 1.80 bits per heavy atom. The summed E-state index contributed by atoms with van der Waals surface area (Å²) >= 11 is 1.99. The van der Waals surface area contributed by atoms with Crippen LogP contribution in [0.5, 0.6) is 0 Å². The SMILES string of the molecule is C#Cc1c(I)cc(C(=O)N(C)OC)c(-c2cc(F)cc(F)c2)c1N=NN(CC)CC. The molecule has 0 saturated heterocycles. The van der Waals surface area contributed by atoms with Gasteiger partial charge in [-0.05, 0) is 60.2 Å². The maximum absolute atomic E-state index is 14.0. The Hall–Kier alpha value is -2.58. The summed E-state index contributed by atoms with van der Waals surface area (Å²) in [6.45, 7) is 5.00. The molecule has 0 heterocycles. The molecule has 0 N–H and O–H groups in total. The number of carbonyl (C=O) groups is 1. The van der Waals surface area contributed by atoms with Crippen molar-refractivity contribution in [2.75, 3.05) is 27.2 Å². The van der Waals surface area contributed by atoms with Gasteiger partial charge in [0.05, 0.1) is 18.2 Å². The number of terminal acetylenes is 1. The van der Waals surface area contributed by atoms with Crippen LogP contribution in [0, 0.1) is 27.5 Å². The van der Waals surface area contributed by atoms with E-state index in [9.17, 15) is 13.6 Å². The van der Waals surface area contributed by atoms with Crippen LogP contribution in [0.3, 0.4) is 0 Å². The monoisotopic (exact) mass is 526 g/mol. The van der Waals surface area contributed by atoms with Gasteiger partial charge in [-0.2, -0.15) is 0 Å². The van der Waals surface area contributed by atoms with Gasteiger partial charge in [-0.15, -0.1) is 11.5 Å². The van der Waals surface area contributed by atoms with Crippen LogP contribution >= 0.6 is 22.6 Å². The highest BCUT2D eigenvalue weighted by atomic mass is 127. The zero-order valence-corrected chi connectivity index (χ0v) is 19.2. The lowest BCUT2D eigenvalue weighted by Crippen LogP contribution is -2.26. The summed E-state index contributed by atoms with van der Waals surface area (Å²) in [6.07, 6.45) is 5.70. The molecule has 0 aliphatic heterocycles. The number of hydrogen-bond acceptors (Lipinski definition) is 4. The van der Waals surface area contributed by atoms with Crippen molar-refractivity contribution in [3.8, 4) is 23.5 Å². The molecule has 30 heavy (non-hydrogen) atoms. The highest BCUT2D eigenvalue weighted by molar-refractivity contribution is 14.1. The molecule has 6 nitrogen and oxygen atoms in total. The molecule has 0 spiro atoms. The Kier molecular flexibility index (Phi) is 8.25. The van der Waals surface area contributed by atoms with E-state index in [1.54, 1.807) is 11.1 Å². The predicted octanol–water partition coefficient (Wildman–Crippen LogP) is 5.19. The Bertz CT molecular complexity index is 997. The van der Waals surface area contributed by atoms with Gasteiger partial charge in [-0.1, -0.05) is 11.1 Å². The van der Waals surface area contributed by atoms with Crippen LogP contribution in [0.1, 0.15) is 29.8 Å². The molecule has 0 aromatic heterocycles. The Balaban J connectivity index is 2.94. The van der Waals surface area contributed by atoms with E-state index in [2.05, 4.69) is 16.3 Å². The van der Waals surface area contributed by atoms with Gasteiger partial charge in [0.1, 0.15) is 17.3 Å². The van der Waals surface area contributed by atoms with Crippen LogP contribution in [-0.4, -0.2) is 43.2 Å². The van der Waals surface area contributed by atoms with Crippen molar-refractivity contribution < 1.29 is 18.4 Å². The van der Waals surface area contributed by atoms with Gasteiger partial charge in [0.25, 0.3) is 5.91 Å². The van der Waals surface area contributed by atoms with Gasteiger partial charge in [-0.3, -0.25) is 14.6 Å². The molecule has 0 bridgehead atoms. The number of benzene rings is 2. The van der Waals surface area contributed by atoms with Gasteiger partial charge < -0.3 is 0 Å². The molecule has 2 aromatic carbocycles.